The Morgan fingerprint density at radius 1 is 1.44 bits per heavy atom. The first-order valence-electron chi connectivity index (χ1n) is 6.74. The average molecular weight is 249 g/mol. The quantitative estimate of drug-likeness (QED) is 0.773. The molecular weight excluding hydrogens is 226 g/mol. The predicted molar refractivity (Wildman–Crippen MR) is 74.4 cm³/mol. The van der Waals surface area contributed by atoms with E-state index in [2.05, 4.69) is 21.1 Å². The van der Waals surface area contributed by atoms with E-state index in [1.54, 1.807) is 0 Å². The van der Waals surface area contributed by atoms with Crippen molar-refractivity contribution < 1.29 is 0 Å². The van der Waals surface area contributed by atoms with Crippen molar-refractivity contribution in [3.63, 3.8) is 0 Å². The van der Waals surface area contributed by atoms with E-state index in [0.29, 0.717) is 0 Å². The number of nitrogens with zero attached hydrogens (tertiary/aromatic N) is 3. The highest BCUT2D eigenvalue weighted by molar-refractivity contribution is 5.13. The Morgan fingerprint density at radius 2 is 2.22 bits per heavy atom. The predicted octanol–water partition coefficient (Wildman–Crippen LogP) is 3.15. The van der Waals surface area contributed by atoms with Crippen LogP contribution in [0.4, 0.5) is 0 Å². The molecule has 0 bridgehead atoms. The second kappa shape index (κ2) is 7.93. The van der Waals surface area contributed by atoms with Gasteiger partial charge >= 0.3 is 0 Å². The van der Waals surface area contributed by atoms with Gasteiger partial charge in [-0.25, -0.2) is 0 Å². The smallest absolute Gasteiger partial charge is 0.105 e. The van der Waals surface area contributed by atoms with Crippen LogP contribution in [-0.2, 0) is 6.54 Å². The van der Waals surface area contributed by atoms with Crippen molar-refractivity contribution in [3.05, 3.63) is 34.5 Å². The van der Waals surface area contributed by atoms with Crippen LogP contribution in [0.3, 0.4) is 0 Å². The van der Waals surface area contributed by atoms with Crippen LogP contribution >= 0.6 is 0 Å². The number of hydrogen-bond acceptors (Lipinski definition) is 4. The number of rotatable bonds is 3. The fourth-order valence-electron chi connectivity index (χ4n) is 2.11. The summed E-state index contributed by atoms with van der Waals surface area (Å²) in [7, 11) is 0. The van der Waals surface area contributed by atoms with Gasteiger partial charge in [-0.1, -0.05) is 25.1 Å². The molecule has 1 aromatic heterocycles. The van der Waals surface area contributed by atoms with Crippen LogP contribution in [0.2, 0.25) is 0 Å². The molecule has 0 N–H and O–H groups in total. The largest absolute Gasteiger partial charge is 0.297 e. The van der Waals surface area contributed by atoms with Gasteiger partial charge in [-0.15, -0.1) is 0 Å². The zero-order valence-electron chi connectivity index (χ0n) is 11.6. The van der Waals surface area contributed by atoms with Crippen molar-refractivity contribution in [1.82, 2.24) is 9.88 Å². The van der Waals surface area contributed by atoms with E-state index in [1.807, 2.05) is 33.0 Å². The molecule has 2 heterocycles. The van der Waals surface area contributed by atoms with Crippen molar-refractivity contribution in [2.24, 2.45) is 5.18 Å². The molecule has 4 heteroatoms. The maximum absolute atomic E-state index is 10.5. The first kappa shape index (κ1) is 14.8. The van der Waals surface area contributed by atoms with Crippen molar-refractivity contribution in [2.75, 3.05) is 13.1 Å². The number of likely N-dealkylation sites (tertiary alicyclic amines) is 1. The van der Waals surface area contributed by atoms with Crippen molar-refractivity contribution in [3.8, 4) is 0 Å². The molecule has 100 valence electrons. The first-order chi connectivity index (χ1) is 8.78. The van der Waals surface area contributed by atoms with Gasteiger partial charge in [0.25, 0.3) is 0 Å². The molecule has 18 heavy (non-hydrogen) atoms. The lowest BCUT2D eigenvalue weighted by Gasteiger charge is -2.29. The fraction of sp³-hybridized carbons (Fsp3) is 0.643. The van der Waals surface area contributed by atoms with Crippen molar-refractivity contribution in [2.45, 2.75) is 46.2 Å². The van der Waals surface area contributed by atoms with Gasteiger partial charge in [0.1, 0.15) is 6.04 Å². The number of aryl methyl sites for hydroxylation is 1. The Labute approximate surface area is 109 Å². The Balaban J connectivity index is 0.000000771. The Hall–Kier alpha value is -1.29. The molecule has 0 spiro atoms. The summed E-state index contributed by atoms with van der Waals surface area (Å²) >= 11 is 0. The van der Waals surface area contributed by atoms with Gasteiger partial charge in [0.05, 0.1) is 0 Å². The van der Waals surface area contributed by atoms with Gasteiger partial charge in [-0.3, -0.25) is 9.88 Å². The number of piperidine rings is 1. The maximum Gasteiger partial charge on any atom is 0.105 e. The Kier molecular flexibility index (Phi) is 6.50. The highest BCUT2D eigenvalue weighted by Gasteiger charge is 2.20. The van der Waals surface area contributed by atoms with E-state index in [4.69, 9.17) is 0 Å². The zero-order valence-corrected chi connectivity index (χ0v) is 11.6. The minimum Gasteiger partial charge on any atom is -0.297 e. The van der Waals surface area contributed by atoms with Crippen LogP contribution in [0.5, 0.6) is 0 Å². The lowest BCUT2D eigenvalue weighted by Crippen LogP contribution is -2.36. The van der Waals surface area contributed by atoms with Crippen LogP contribution in [-0.4, -0.2) is 29.0 Å². The molecule has 1 atom stereocenters. The zero-order chi connectivity index (χ0) is 13.4. The molecule has 0 aromatic carbocycles. The monoisotopic (exact) mass is 249 g/mol. The van der Waals surface area contributed by atoms with Gasteiger partial charge < -0.3 is 0 Å². The van der Waals surface area contributed by atoms with E-state index in [9.17, 15) is 4.91 Å². The number of pyridine rings is 1. The Morgan fingerprint density at radius 3 is 2.83 bits per heavy atom. The first-order valence-corrected chi connectivity index (χ1v) is 6.74. The third-order valence-electron chi connectivity index (χ3n) is 3.01. The summed E-state index contributed by atoms with van der Waals surface area (Å²) in [5.41, 5.74) is 2.24. The summed E-state index contributed by atoms with van der Waals surface area (Å²) in [5.74, 6) is 0. The van der Waals surface area contributed by atoms with Gasteiger partial charge in [-0.2, -0.15) is 4.91 Å². The summed E-state index contributed by atoms with van der Waals surface area (Å²) < 4.78 is 0. The summed E-state index contributed by atoms with van der Waals surface area (Å²) in [4.78, 5) is 17.1. The molecule has 1 aliphatic heterocycles. The summed E-state index contributed by atoms with van der Waals surface area (Å²) in [5, 5.41) is 3.15. The number of nitroso groups, excluding NO2 is 1. The van der Waals surface area contributed by atoms with Gasteiger partial charge in [0, 0.05) is 25.0 Å². The third-order valence-corrected chi connectivity index (χ3v) is 3.01. The molecule has 2 rings (SSSR count). The van der Waals surface area contributed by atoms with Crippen LogP contribution in [0.25, 0.3) is 0 Å². The second-order valence-corrected chi connectivity index (χ2v) is 4.44. The van der Waals surface area contributed by atoms with Gasteiger partial charge in [0.2, 0.25) is 0 Å². The summed E-state index contributed by atoms with van der Waals surface area (Å²) in [6, 6.07) is 4.10. The molecule has 0 radical (unpaired) electrons. The molecule has 1 unspecified atom stereocenters. The molecule has 0 aliphatic carbocycles. The number of hydrogen-bond donors (Lipinski definition) is 0. The van der Waals surface area contributed by atoms with Crippen LogP contribution in [0.15, 0.2) is 23.5 Å². The third kappa shape index (κ3) is 4.53. The maximum atomic E-state index is 10.5. The topological polar surface area (TPSA) is 45.6 Å². The average Bonchev–Trinajstić information content (AvgIpc) is 2.44. The minimum absolute atomic E-state index is 0.0212. The molecule has 1 saturated heterocycles. The molecule has 4 nitrogen and oxygen atoms in total. The van der Waals surface area contributed by atoms with Crippen molar-refractivity contribution >= 4 is 0 Å². The van der Waals surface area contributed by atoms with Crippen LogP contribution in [0, 0.1) is 11.8 Å². The standard InChI is InChI=1S/C12H17N3O.C2H6/c1-10-4-5-11(7-13-10)8-15-6-2-3-12(9-15)14-16;1-2/h4-5,7,12H,2-3,6,8-9H2,1H3;1-2H3. The normalized spacial score (nSPS) is 19.8. The van der Waals surface area contributed by atoms with E-state index >= 15 is 0 Å². The highest BCUT2D eigenvalue weighted by Crippen LogP contribution is 2.15. The van der Waals surface area contributed by atoms with Gasteiger partial charge in [0.15, 0.2) is 0 Å². The summed E-state index contributed by atoms with van der Waals surface area (Å²) in [6.45, 7) is 8.70. The molecule has 1 aliphatic rings. The Bertz CT molecular complexity index is 351. The van der Waals surface area contributed by atoms with Gasteiger partial charge in [-0.05, 0) is 37.9 Å². The lowest BCUT2D eigenvalue weighted by molar-refractivity contribution is 0.201. The molecular formula is C14H23N3O. The SMILES string of the molecule is CC.Cc1ccc(CN2CCCC(N=O)C2)cn1. The number of aromatic nitrogens is 1. The molecule has 1 aromatic rings. The lowest BCUT2D eigenvalue weighted by atomic mass is 10.1. The minimum atomic E-state index is -0.0212. The fourth-order valence-corrected chi connectivity index (χ4v) is 2.11. The molecule has 0 saturated carbocycles. The summed E-state index contributed by atoms with van der Waals surface area (Å²) in [6.07, 6.45) is 3.91. The van der Waals surface area contributed by atoms with E-state index in [1.165, 1.54) is 5.56 Å². The van der Waals surface area contributed by atoms with Crippen molar-refractivity contribution in [1.29, 1.82) is 0 Å². The van der Waals surface area contributed by atoms with E-state index in [0.717, 1.165) is 38.2 Å². The molecule has 0 amide bonds. The second-order valence-electron chi connectivity index (χ2n) is 4.44. The van der Waals surface area contributed by atoms with Crippen LogP contribution in [0.1, 0.15) is 37.9 Å². The van der Waals surface area contributed by atoms with Crippen LogP contribution < -0.4 is 0 Å². The molecule has 1 fully saturated rings. The van der Waals surface area contributed by atoms with E-state index in [-0.39, 0.29) is 6.04 Å². The highest BCUT2D eigenvalue weighted by atomic mass is 16.3. The van der Waals surface area contributed by atoms with E-state index < -0.39 is 0 Å².